The van der Waals surface area contributed by atoms with E-state index in [0.717, 1.165) is 12.2 Å². The molecule has 4 nitrogen and oxygen atoms in total. The molecule has 1 aromatic carbocycles. The van der Waals surface area contributed by atoms with Crippen LogP contribution in [0.2, 0.25) is 0 Å². The largest absolute Gasteiger partial charge is 0.384 e. The van der Waals surface area contributed by atoms with Crippen molar-refractivity contribution in [2.45, 2.75) is 26.2 Å². The van der Waals surface area contributed by atoms with E-state index in [1.165, 1.54) is 31.4 Å². The summed E-state index contributed by atoms with van der Waals surface area (Å²) in [5.41, 5.74) is 1.59. The smallest absolute Gasteiger partial charge is 0.269 e. The topological polar surface area (TPSA) is 55.2 Å². The van der Waals surface area contributed by atoms with E-state index >= 15 is 0 Å². The van der Waals surface area contributed by atoms with Crippen molar-refractivity contribution in [1.29, 1.82) is 0 Å². The molecular formula is C12H16N2O2. The van der Waals surface area contributed by atoms with Crippen LogP contribution in [0.3, 0.4) is 0 Å². The van der Waals surface area contributed by atoms with Gasteiger partial charge in [-0.3, -0.25) is 10.1 Å². The van der Waals surface area contributed by atoms with Gasteiger partial charge in [0.05, 0.1) is 4.92 Å². The summed E-state index contributed by atoms with van der Waals surface area (Å²) in [7, 11) is 0. The fourth-order valence-electron chi connectivity index (χ4n) is 1.82. The van der Waals surface area contributed by atoms with Gasteiger partial charge < -0.3 is 5.32 Å². The fraction of sp³-hybridized carbons (Fsp3) is 0.500. The molecule has 86 valence electrons. The quantitative estimate of drug-likeness (QED) is 0.612. The first kappa shape index (κ1) is 10.9. The van der Waals surface area contributed by atoms with Crippen molar-refractivity contribution in [3.63, 3.8) is 0 Å². The summed E-state index contributed by atoms with van der Waals surface area (Å²) >= 11 is 0. The SMILES string of the molecule is CCC1(CNc2ccc([N+](=O)[O-])cc2)CC1. The van der Waals surface area contributed by atoms with Crippen molar-refractivity contribution in [1.82, 2.24) is 0 Å². The van der Waals surface area contributed by atoms with Crippen LogP contribution in [0.4, 0.5) is 11.4 Å². The van der Waals surface area contributed by atoms with Gasteiger partial charge >= 0.3 is 0 Å². The van der Waals surface area contributed by atoms with E-state index in [1.54, 1.807) is 12.1 Å². The standard InChI is InChI=1S/C12H16N2O2/c1-2-12(7-8-12)9-13-10-3-5-11(6-4-10)14(15)16/h3-6,13H,2,7-9H2,1H3. The van der Waals surface area contributed by atoms with E-state index < -0.39 is 0 Å². The number of nitro groups is 1. The Kier molecular flexibility index (Phi) is 2.81. The normalized spacial score (nSPS) is 16.8. The minimum Gasteiger partial charge on any atom is -0.384 e. The number of anilines is 1. The molecule has 0 spiro atoms. The predicted octanol–water partition coefficient (Wildman–Crippen LogP) is 3.20. The van der Waals surface area contributed by atoms with Gasteiger partial charge in [0.15, 0.2) is 0 Å². The Morgan fingerprint density at radius 3 is 2.44 bits per heavy atom. The molecule has 0 saturated heterocycles. The van der Waals surface area contributed by atoms with Crippen molar-refractivity contribution in [2.75, 3.05) is 11.9 Å². The molecule has 1 aliphatic rings. The molecule has 0 amide bonds. The molecule has 0 aliphatic heterocycles. The molecule has 0 heterocycles. The Hall–Kier alpha value is -1.58. The molecule has 0 unspecified atom stereocenters. The van der Waals surface area contributed by atoms with Crippen LogP contribution >= 0.6 is 0 Å². The summed E-state index contributed by atoms with van der Waals surface area (Å²) in [5, 5.41) is 13.8. The first-order chi connectivity index (χ1) is 7.65. The summed E-state index contributed by atoms with van der Waals surface area (Å²) in [5.74, 6) is 0. The van der Waals surface area contributed by atoms with Crippen molar-refractivity contribution < 1.29 is 4.92 Å². The van der Waals surface area contributed by atoms with E-state index in [2.05, 4.69) is 12.2 Å². The number of rotatable bonds is 5. The number of benzene rings is 1. The lowest BCUT2D eigenvalue weighted by molar-refractivity contribution is -0.384. The van der Waals surface area contributed by atoms with Crippen LogP contribution in [-0.2, 0) is 0 Å². The molecule has 1 fully saturated rings. The first-order valence-corrected chi connectivity index (χ1v) is 5.63. The Labute approximate surface area is 94.8 Å². The van der Waals surface area contributed by atoms with Crippen LogP contribution in [0.15, 0.2) is 24.3 Å². The third-order valence-corrected chi connectivity index (χ3v) is 3.45. The molecule has 0 atom stereocenters. The zero-order valence-corrected chi connectivity index (χ0v) is 9.40. The van der Waals surface area contributed by atoms with Gasteiger partial charge in [0.2, 0.25) is 0 Å². The average molecular weight is 220 g/mol. The number of non-ortho nitro benzene ring substituents is 1. The third kappa shape index (κ3) is 2.32. The highest BCUT2D eigenvalue weighted by molar-refractivity contribution is 5.48. The number of nitro benzene ring substituents is 1. The minimum absolute atomic E-state index is 0.141. The van der Waals surface area contributed by atoms with E-state index in [1.807, 2.05) is 0 Å². The van der Waals surface area contributed by atoms with Gasteiger partial charge in [0.25, 0.3) is 5.69 Å². The van der Waals surface area contributed by atoms with Crippen LogP contribution in [0.5, 0.6) is 0 Å². The number of hydrogen-bond acceptors (Lipinski definition) is 3. The van der Waals surface area contributed by atoms with Crippen molar-refractivity contribution in [2.24, 2.45) is 5.41 Å². The minimum atomic E-state index is -0.377. The maximum absolute atomic E-state index is 10.5. The zero-order chi connectivity index (χ0) is 11.6. The summed E-state index contributed by atoms with van der Waals surface area (Å²) in [4.78, 5) is 10.1. The van der Waals surface area contributed by atoms with Gasteiger partial charge in [-0.1, -0.05) is 6.92 Å². The summed E-state index contributed by atoms with van der Waals surface area (Å²) in [6, 6.07) is 6.61. The molecule has 1 aliphatic carbocycles. The second-order valence-electron chi connectivity index (χ2n) is 4.51. The summed E-state index contributed by atoms with van der Waals surface area (Å²) in [6.07, 6.45) is 3.79. The Morgan fingerprint density at radius 2 is 2.00 bits per heavy atom. The molecule has 2 rings (SSSR count). The Bertz CT molecular complexity index is 383. The van der Waals surface area contributed by atoms with Crippen LogP contribution in [0.25, 0.3) is 0 Å². The van der Waals surface area contributed by atoms with Crippen LogP contribution in [-0.4, -0.2) is 11.5 Å². The van der Waals surface area contributed by atoms with Gasteiger partial charge in [-0.25, -0.2) is 0 Å². The first-order valence-electron chi connectivity index (χ1n) is 5.63. The highest BCUT2D eigenvalue weighted by atomic mass is 16.6. The molecule has 16 heavy (non-hydrogen) atoms. The number of nitrogens with one attached hydrogen (secondary N) is 1. The molecule has 0 bridgehead atoms. The molecular weight excluding hydrogens is 204 g/mol. The molecule has 0 aromatic heterocycles. The van der Waals surface area contributed by atoms with Gasteiger partial charge in [-0.05, 0) is 36.8 Å². The second kappa shape index (κ2) is 4.12. The Morgan fingerprint density at radius 1 is 1.38 bits per heavy atom. The van der Waals surface area contributed by atoms with Gasteiger partial charge in [0, 0.05) is 24.4 Å². The van der Waals surface area contributed by atoms with Crippen LogP contribution < -0.4 is 5.32 Å². The average Bonchev–Trinajstić information content (AvgIpc) is 3.08. The van der Waals surface area contributed by atoms with Gasteiger partial charge in [0.1, 0.15) is 0 Å². The third-order valence-electron chi connectivity index (χ3n) is 3.45. The zero-order valence-electron chi connectivity index (χ0n) is 9.40. The maximum atomic E-state index is 10.5. The van der Waals surface area contributed by atoms with Crippen LogP contribution in [0.1, 0.15) is 26.2 Å². The highest BCUT2D eigenvalue weighted by Crippen LogP contribution is 2.48. The van der Waals surface area contributed by atoms with Crippen molar-refractivity contribution in [3.8, 4) is 0 Å². The van der Waals surface area contributed by atoms with E-state index in [9.17, 15) is 10.1 Å². The van der Waals surface area contributed by atoms with Gasteiger partial charge in [-0.2, -0.15) is 0 Å². The van der Waals surface area contributed by atoms with Crippen molar-refractivity contribution >= 4 is 11.4 Å². The fourth-order valence-corrected chi connectivity index (χ4v) is 1.82. The molecule has 0 radical (unpaired) electrons. The van der Waals surface area contributed by atoms with Crippen molar-refractivity contribution in [3.05, 3.63) is 34.4 Å². The van der Waals surface area contributed by atoms with Crippen LogP contribution in [0, 0.1) is 15.5 Å². The molecule has 1 aromatic rings. The summed E-state index contributed by atoms with van der Waals surface area (Å²) < 4.78 is 0. The predicted molar refractivity (Wildman–Crippen MR) is 63.5 cm³/mol. The summed E-state index contributed by atoms with van der Waals surface area (Å²) in [6.45, 7) is 3.19. The van der Waals surface area contributed by atoms with E-state index in [4.69, 9.17) is 0 Å². The highest BCUT2D eigenvalue weighted by Gasteiger charge is 2.40. The van der Waals surface area contributed by atoms with Gasteiger partial charge in [-0.15, -0.1) is 0 Å². The lowest BCUT2D eigenvalue weighted by Gasteiger charge is -2.14. The lowest BCUT2D eigenvalue weighted by Crippen LogP contribution is -2.14. The monoisotopic (exact) mass is 220 g/mol. The number of hydrogen-bond donors (Lipinski definition) is 1. The van der Waals surface area contributed by atoms with E-state index in [0.29, 0.717) is 5.41 Å². The maximum Gasteiger partial charge on any atom is 0.269 e. The van der Waals surface area contributed by atoms with E-state index in [-0.39, 0.29) is 10.6 Å². The molecule has 1 saturated carbocycles. The second-order valence-corrected chi connectivity index (χ2v) is 4.51. The number of nitrogens with zero attached hydrogens (tertiary/aromatic N) is 1. The Balaban J connectivity index is 1.93. The molecule has 1 N–H and O–H groups in total. The molecule has 4 heteroatoms. The lowest BCUT2D eigenvalue weighted by atomic mass is 10.0.